The first kappa shape index (κ1) is 11.9. The van der Waals surface area contributed by atoms with E-state index in [1.807, 2.05) is 12.1 Å². The van der Waals surface area contributed by atoms with Crippen LogP contribution >= 0.6 is 11.6 Å². The van der Waals surface area contributed by atoms with Gasteiger partial charge in [0.15, 0.2) is 0 Å². The Morgan fingerprint density at radius 3 is 2.00 bits per heavy atom. The molecule has 0 unspecified atom stereocenters. The van der Waals surface area contributed by atoms with Gasteiger partial charge in [0.05, 0.1) is 0 Å². The summed E-state index contributed by atoms with van der Waals surface area (Å²) in [4.78, 5) is 9.00. The van der Waals surface area contributed by atoms with E-state index in [4.69, 9.17) is 21.5 Å². The number of rotatable bonds is 0. The fourth-order valence-corrected chi connectivity index (χ4v) is 1.53. The standard InChI is InChI=1S/C6H4Cl.C2H4O2.Hg/c7-6-4-2-1-3-5-6;1-2(3)4;/h2-5H;1H3,(H,3,4);. The van der Waals surface area contributed by atoms with Crippen LogP contribution in [0, 0.1) is 0 Å². The first-order chi connectivity index (χ1) is 5.52. The predicted molar refractivity (Wildman–Crippen MR) is 44.4 cm³/mol. The number of hydrogen-bond donors (Lipinski definition) is 1. The van der Waals surface area contributed by atoms with Gasteiger partial charge in [-0.1, -0.05) is 0 Å². The van der Waals surface area contributed by atoms with Gasteiger partial charge >= 0.3 is 70.1 Å². The summed E-state index contributed by atoms with van der Waals surface area (Å²) >= 11 is 6.38. The fourth-order valence-electron chi connectivity index (χ4n) is 0.484. The molecule has 1 aromatic carbocycles. The van der Waals surface area contributed by atoms with Crippen molar-refractivity contribution in [3.05, 3.63) is 29.3 Å². The van der Waals surface area contributed by atoms with Crippen molar-refractivity contribution in [2.45, 2.75) is 6.92 Å². The average molecular weight is 372 g/mol. The van der Waals surface area contributed by atoms with Gasteiger partial charge in [0, 0.05) is 6.92 Å². The molecule has 12 heavy (non-hydrogen) atoms. The van der Waals surface area contributed by atoms with Gasteiger partial charge in [-0.3, -0.25) is 4.79 Å². The summed E-state index contributed by atoms with van der Waals surface area (Å²) in [5.74, 6) is -0.833. The molecule has 0 atom stereocenters. The van der Waals surface area contributed by atoms with Gasteiger partial charge < -0.3 is 5.11 Å². The van der Waals surface area contributed by atoms with E-state index in [0.29, 0.717) is 0 Å². The summed E-state index contributed by atoms with van der Waals surface area (Å²) in [6.07, 6.45) is 0. The first-order valence-electron chi connectivity index (χ1n) is 3.29. The molecule has 0 fully saturated rings. The van der Waals surface area contributed by atoms with Crippen LogP contribution in [-0.2, 0) is 30.9 Å². The summed E-state index contributed by atoms with van der Waals surface area (Å²) in [7, 11) is 0. The third kappa shape index (κ3) is 8.02. The Morgan fingerprint density at radius 2 is 1.75 bits per heavy atom. The molecule has 0 bridgehead atoms. The maximum atomic E-state index is 9.00. The molecule has 0 radical (unpaired) electrons. The summed E-state index contributed by atoms with van der Waals surface area (Å²) in [5.41, 5.74) is 0. The summed E-state index contributed by atoms with van der Waals surface area (Å²) in [5, 5.41) is 8.25. The van der Waals surface area contributed by atoms with Crippen LogP contribution < -0.4 is 3.07 Å². The SMILES string of the molecule is CC(=O)O.Clc1cc[c]([Hg])cc1. The van der Waals surface area contributed by atoms with Crippen LogP contribution in [-0.4, -0.2) is 11.1 Å². The van der Waals surface area contributed by atoms with Crippen molar-refractivity contribution >= 4 is 20.6 Å². The van der Waals surface area contributed by atoms with Crippen molar-refractivity contribution in [1.29, 1.82) is 0 Å². The first-order valence-corrected chi connectivity index (χ1v) is 6.42. The second-order valence-corrected chi connectivity index (χ2v) is 5.76. The second kappa shape index (κ2) is 6.43. The molecule has 1 rings (SSSR count). The molecule has 1 N–H and O–H groups in total. The number of benzene rings is 1. The van der Waals surface area contributed by atoms with Crippen molar-refractivity contribution in [1.82, 2.24) is 0 Å². The van der Waals surface area contributed by atoms with Gasteiger partial charge in [0.2, 0.25) is 0 Å². The Hall–Kier alpha value is -0.0849. The van der Waals surface area contributed by atoms with E-state index in [-0.39, 0.29) is 0 Å². The Balaban J connectivity index is 0.000000261. The number of carboxylic acid groups (broad SMARTS) is 1. The molecule has 0 heterocycles. The van der Waals surface area contributed by atoms with Crippen molar-refractivity contribution < 1.29 is 36.0 Å². The van der Waals surface area contributed by atoms with Crippen molar-refractivity contribution in [3.63, 3.8) is 0 Å². The monoisotopic (exact) mass is 373 g/mol. The third-order valence-corrected chi connectivity index (χ3v) is 3.00. The Labute approximate surface area is 92.5 Å². The minimum absolute atomic E-state index is 0.743. The number of carbonyl (C=O) groups is 1. The van der Waals surface area contributed by atoms with Crippen molar-refractivity contribution in [3.8, 4) is 0 Å². The Morgan fingerprint density at radius 1 is 1.42 bits per heavy atom. The molecule has 0 aromatic heterocycles. The van der Waals surface area contributed by atoms with Gasteiger partial charge in [0.1, 0.15) is 0 Å². The van der Waals surface area contributed by atoms with E-state index in [0.717, 1.165) is 38.1 Å². The van der Waals surface area contributed by atoms with Crippen LogP contribution in [0.2, 0.25) is 5.02 Å². The molecule has 0 saturated heterocycles. The molecular weight excluding hydrogens is 364 g/mol. The number of aliphatic carboxylic acids is 1. The van der Waals surface area contributed by atoms with Gasteiger partial charge in [-0.15, -0.1) is 0 Å². The van der Waals surface area contributed by atoms with Gasteiger partial charge in [-0.25, -0.2) is 0 Å². The molecule has 0 aliphatic heterocycles. The maximum absolute atomic E-state index is 9.00. The van der Waals surface area contributed by atoms with E-state index >= 15 is 0 Å². The summed E-state index contributed by atoms with van der Waals surface area (Å²) in [6, 6.07) is 8.02. The summed E-state index contributed by atoms with van der Waals surface area (Å²) < 4.78 is 1.44. The number of halogens is 1. The molecule has 0 amide bonds. The molecular formula is C8H8ClHgO2. The van der Waals surface area contributed by atoms with Crippen LogP contribution in [0.1, 0.15) is 6.92 Å². The molecule has 0 saturated carbocycles. The number of hydrogen-bond acceptors (Lipinski definition) is 1. The van der Waals surface area contributed by atoms with Crippen molar-refractivity contribution in [2.75, 3.05) is 0 Å². The van der Waals surface area contributed by atoms with E-state index in [9.17, 15) is 0 Å². The van der Waals surface area contributed by atoms with Crippen molar-refractivity contribution in [2.24, 2.45) is 0 Å². The van der Waals surface area contributed by atoms with Gasteiger partial charge in [-0.05, 0) is 0 Å². The van der Waals surface area contributed by atoms with E-state index in [1.54, 1.807) is 0 Å². The van der Waals surface area contributed by atoms with Crippen LogP contribution in [0.15, 0.2) is 24.3 Å². The zero-order chi connectivity index (χ0) is 9.56. The molecule has 4 heteroatoms. The quantitative estimate of drug-likeness (QED) is 0.703. The Bertz CT molecular complexity index is 221. The average Bonchev–Trinajstić information content (AvgIpc) is 1.94. The second-order valence-electron chi connectivity index (χ2n) is 2.15. The predicted octanol–water partition coefficient (Wildman–Crippen LogP) is 1.60. The normalized spacial score (nSPS) is 8.33. The van der Waals surface area contributed by atoms with E-state index in [2.05, 4.69) is 12.1 Å². The number of carboxylic acids is 1. The van der Waals surface area contributed by atoms with E-state index < -0.39 is 5.97 Å². The Kier molecular flexibility index (Phi) is 6.39. The zero-order valence-corrected chi connectivity index (χ0v) is 13.0. The minimum atomic E-state index is -0.833. The third-order valence-electron chi connectivity index (χ3n) is 0.913. The van der Waals surface area contributed by atoms with Gasteiger partial charge in [0.25, 0.3) is 5.97 Å². The molecule has 61 valence electrons. The van der Waals surface area contributed by atoms with Gasteiger partial charge in [-0.2, -0.15) is 0 Å². The van der Waals surface area contributed by atoms with Crippen LogP contribution in [0.3, 0.4) is 0 Å². The molecule has 0 aliphatic carbocycles. The fraction of sp³-hybridized carbons (Fsp3) is 0.125. The van der Waals surface area contributed by atoms with Crippen LogP contribution in [0.5, 0.6) is 0 Å². The molecule has 2 nitrogen and oxygen atoms in total. The van der Waals surface area contributed by atoms with E-state index in [1.165, 1.54) is 3.07 Å². The zero-order valence-electron chi connectivity index (χ0n) is 6.75. The van der Waals surface area contributed by atoms with Crippen LogP contribution in [0.4, 0.5) is 0 Å². The topological polar surface area (TPSA) is 37.3 Å². The molecule has 1 aromatic rings. The van der Waals surface area contributed by atoms with Crippen LogP contribution in [0.25, 0.3) is 0 Å². The molecule has 0 aliphatic rings. The summed E-state index contributed by atoms with van der Waals surface area (Å²) in [6.45, 7) is 1.08. The molecule has 0 spiro atoms.